The number of fused-ring (bicyclic) bond motifs is 1. The molecule has 0 bridgehead atoms. The highest BCUT2D eigenvalue weighted by molar-refractivity contribution is 6.15. The first kappa shape index (κ1) is 27.8. The van der Waals surface area contributed by atoms with Crippen molar-refractivity contribution in [2.45, 2.75) is 31.2 Å². The van der Waals surface area contributed by atoms with E-state index in [2.05, 4.69) is 47.6 Å². The van der Waals surface area contributed by atoms with E-state index in [0.717, 1.165) is 40.4 Å². The molecule has 3 aliphatic heterocycles. The summed E-state index contributed by atoms with van der Waals surface area (Å²) in [4.78, 5) is 52.1. The summed E-state index contributed by atoms with van der Waals surface area (Å²) in [6.07, 6.45) is 4.92. The molecule has 3 fully saturated rings. The third kappa shape index (κ3) is 5.11. The van der Waals surface area contributed by atoms with Crippen LogP contribution in [0, 0.1) is 11.8 Å². The number of piperidine rings is 1. The molecule has 3 amide bonds. The van der Waals surface area contributed by atoms with E-state index < -0.39 is 5.54 Å². The average Bonchev–Trinajstić information content (AvgIpc) is 3.72. The number of nitrogens with zero attached hydrogens (tertiary/aromatic N) is 7. The van der Waals surface area contributed by atoms with Crippen LogP contribution >= 0.6 is 0 Å². The molecule has 1 saturated carbocycles. The predicted octanol–water partition coefficient (Wildman–Crippen LogP) is 2.62. The number of hydrogen-bond donors (Lipinski definition) is 0. The maximum atomic E-state index is 14.2. The third-order valence-electron chi connectivity index (χ3n) is 9.47. The molecule has 10 heteroatoms. The summed E-state index contributed by atoms with van der Waals surface area (Å²) in [5.41, 5.74) is 3.34. The summed E-state index contributed by atoms with van der Waals surface area (Å²) in [5, 5.41) is 5.45. The van der Waals surface area contributed by atoms with Crippen LogP contribution < -0.4 is 0 Å². The van der Waals surface area contributed by atoms with E-state index in [0.29, 0.717) is 57.9 Å². The van der Waals surface area contributed by atoms with Crippen LogP contribution in [-0.4, -0.2) is 112 Å². The van der Waals surface area contributed by atoms with Crippen molar-refractivity contribution in [1.82, 2.24) is 29.4 Å². The first-order chi connectivity index (χ1) is 20.7. The Morgan fingerprint density at radius 1 is 0.953 bits per heavy atom. The van der Waals surface area contributed by atoms with E-state index in [1.165, 1.54) is 0 Å². The molecule has 2 saturated heterocycles. The lowest BCUT2D eigenvalue weighted by Crippen LogP contribution is -2.57. The molecule has 1 spiro atoms. The van der Waals surface area contributed by atoms with Crippen LogP contribution in [0.4, 0.5) is 0 Å². The van der Waals surface area contributed by atoms with E-state index in [1.54, 1.807) is 0 Å². The van der Waals surface area contributed by atoms with Crippen LogP contribution in [0.2, 0.25) is 0 Å². The zero-order chi connectivity index (χ0) is 29.9. The molecule has 43 heavy (non-hydrogen) atoms. The molecule has 3 aromatic rings. The Bertz CT molecular complexity index is 1610. The van der Waals surface area contributed by atoms with Gasteiger partial charge in [0.2, 0.25) is 11.8 Å². The second kappa shape index (κ2) is 10.6. The minimum absolute atomic E-state index is 0.0280. The van der Waals surface area contributed by atoms with Gasteiger partial charge in [-0.1, -0.05) is 30.3 Å². The van der Waals surface area contributed by atoms with Gasteiger partial charge in [0, 0.05) is 62.6 Å². The molecule has 0 unspecified atom stereocenters. The molecule has 10 nitrogen and oxygen atoms in total. The molecule has 1 aliphatic carbocycles. The number of amidine groups is 1. The fourth-order valence-electron chi connectivity index (χ4n) is 6.74. The van der Waals surface area contributed by atoms with Crippen molar-refractivity contribution < 1.29 is 14.4 Å². The van der Waals surface area contributed by atoms with Gasteiger partial charge >= 0.3 is 0 Å². The van der Waals surface area contributed by atoms with Crippen molar-refractivity contribution in [3.8, 4) is 11.1 Å². The monoisotopic (exact) mass is 581 g/mol. The number of carbonyl (C=O) groups excluding carboxylic acids is 3. The van der Waals surface area contributed by atoms with Crippen LogP contribution in [-0.2, 0) is 21.4 Å². The lowest BCUT2D eigenvalue weighted by atomic mass is 9.87. The summed E-state index contributed by atoms with van der Waals surface area (Å²) in [7, 11) is 5.72. The Labute approximate surface area is 251 Å². The van der Waals surface area contributed by atoms with Gasteiger partial charge in [-0.05, 0) is 63.0 Å². The molecule has 0 atom stereocenters. The zero-order valence-corrected chi connectivity index (χ0v) is 25.2. The number of amides is 3. The average molecular weight is 582 g/mol. The maximum absolute atomic E-state index is 14.2. The molecule has 224 valence electrons. The van der Waals surface area contributed by atoms with Gasteiger partial charge < -0.3 is 14.7 Å². The normalized spacial score (nSPS) is 20.3. The van der Waals surface area contributed by atoms with E-state index in [4.69, 9.17) is 4.99 Å². The Balaban J connectivity index is 1.13. The summed E-state index contributed by atoms with van der Waals surface area (Å²) >= 11 is 0. The van der Waals surface area contributed by atoms with Gasteiger partial charge in [0.1, 0.15) is 11.4 Å². The van der Waals surface area contributed by atoms with Crippen molar-refractivity contribution in [3.63, 3.8) is 0 Å². The molecular formula is C33H39N7O3. The summed E-state index contributed by atoms with van der Waals surface area (Å²) in [5.74, 6) is 1.54. The van der Waals surface area contributed by atoms with Gasteiger partial charge in [0.05, 0.1) is 18.3 Å². The Morgan fingerprint density at radius 3 is 2.30 bits per heavy atom. The highest BCUT2D eigenvalue weighted by Crippen LogP contribution is 2.38. The summed E-state index contributed by atoms with van der Waals surface area (Å²) in [6, 6.07) is 14.6. The molecule has 2 aromatic carbocycles. The van der Waals surface area contributed by atoms with Gasteiger partial charge in [-0.25, -0.2) is 0 Å². The first-order valence-corrected chi connectivity index (χ1v) is 15.4. The molecule has 4 heterocycles. The van der Waals surface area contributed by atoms with Crippen LogP contribution in [0.3, 0.4) is 0 Å². The Kier molecular flexibility index (Phi) is 6.84. The second-order valence-corrected chi connectivity index (χ2v) is 13.0. The number of benzene rings is 2. The second-order valence-electron chi connectivity index (χ2n) is 13.0. The smallest absolute Gasteiger partial charge is 0.256 e. The fraction of sp³-hybridized carbons (Fsp3) is 0.485. The summed E-state index contributed by atoms with van der Waals surface area (Å²) < 4.78 is 1.87. The first-order valence-electron chi connectivity index (χ1n) is 15.4. The van der Waals surface area contributed by atoms with Crippen molar-refractivity contribution in [2.75, 3.05) is 53.4 Å². The standard InChI is InChI=1S/C33H39N7O3/c1-36(2)21-29(41)38-14-12-33(13-15-38)32(43)40(20-22-18-39(19-22)31(42)25-8-9-25)30(35-33)24-6-4-23(5-7-24)26-10-11-28-27(16-26)17-34-37(28)3/h4-7,10-11,16-17,22,25H,8-9,12-15,18-21H2,1-3H3. The van der Waals surface area contributed by atoms with E-state index in [9.17, 15) is 14.4 Å². The topological polar surface area (TPSA) is 94.3 Å². The maximum Gasteiger partial charge on any atom is 0.256 e. The van der Waals surface area contributed by atoms with Crippen LogP contribution in [0.5, 0.6) is 0 Å². The lowest BCUT2D eigenvalue weighted by molar-refractivity contribution is -0.141. The number of carbonyl (C=O) groups is 3. The van der Waals surface area contributed by atoms with Gasteiger partial charge in [-0.15, -0.1) is 0 Å². The van der Waals surface area contributed by atoms with E-state index >= 15 is 0 Å². The van der Waals surface area contributed by atoms with Gasteiger partial charge in [-0.2, -0.15) is 5.10 Å². The van der Waals surface area contributed by atoms with Crippen molar-refractivity contribution in [1.29, 1.82) is 0 Å². The number of likely N-dealkylation sites (tertiary alicyclic amines) is 2. The molecule has 7 rings (SSSR count). The quantitative estimate of drug-likeness (QED) is 0.428. The minimum atomic E-state index is -0.846. The van der Waals surface area contributed by atoms with Gasteiger partial charge in [0.25, 0.3) is 5.91 Å². The number of hydrogen-bond acceptors (Lipinski definition) is 6. The van der Waals surface area contributed by atoms with Crippen LogP contribution in [0.1, 0.15) is 31.2 Å². The zero-order valence-electron chi connectivity index (χ0n) is 25.2. The van der Waals surface area contributed by atoms with Crippen LogP contribution in [0.25, 0.3) is 22.0 Å². The number of likely N-dealkylation sites (N-methyl/N-ethyl adjacent to an activating group) is 1. The molecule has 4 aliphatic rings. The predicted molar refractivity (Wildman–Crippen MR) is 164 cm³/mol. The number of aryl methyl sites for hydroxylation is 1. The van der Waals surface area contributed by atoms with E-state index in [1.807, 2.05) is 51.6 Å². The highest BCUT2D eigenvalue weighted by Gasteiger charge is 2.51. The number of rotatable bonds is 7. The van der Waals surface area contributed by atoms with Crippen molar-refractivity contribution >= 4 is 34.5 Å². The summed E-state index contributed by atoms with van der Waals surface area (Å²) in [6.45, 7) is 3.34. The van der Waals surface area contributed by atoms with Gasteiger partial charge in [0.15, 0.2) is 0 Å². The lowest BCUT2D eigenvalue weighted by Gasteiger charge is -2.42. The largest absolute Gasteiger partial charge is 0.342 e. The van der Waals surface area contributed by atoms with E-state index in [-0.39, 0.29) is 29.6 Å². The number of aromatic nitrogens is 2. The number of aliphatic imine (C=N–C) groups is 1. The highest BCUT2D eigenvalue weighted by atomic mass is 16.2. The molecule has 0 N–H and O–H groups in total. The van der Waals surface area contributed by atoms with Crippen molar-refractivity contribution in [3.05, 3.63) is 54.2 Å². The Morgan fingerprint density at radius 2 is 1.63 bits per heavy atom. The SMILES string of the molecule is CN(C)CC(=O)N1CCC2(CC1)N=C(c1ccc(-c3ccc4c(cnn4C)c3)cc1)N(CC1CN(C(=O)C3CC3)C1)C2=O. The van der Waals surface area contributed by atoms with Crippen LogP contribution in [0.15, 0.2) is 53.7 Å². The minimum Gasteiger partial charge on any atom is -0.342 e. The third-order valence-corrected chi connectivity index (χ3v) is 9.47. The molecule has 1 aromatic heterocycles. The van der Waals surface area contributed by atoms with Crippen molar-refractivity contribution in [2.24, 2.45) is 23.9 Å². The molecule has 0 radical (unpaired) electrons. The fourth-order valence-corrected chi connectivity index (χ4v) is 6.74. The molecular weight excluding hydrogens is 542 g/mol. The Hall–Kier alpha value is -4.05. The van der Waals surface area contributed by atoms with Gasteiger partial charge in [-0.3, -0.25) is 29.0 Å².